The van der Waals surface area contributed by atoms with Crippen LogP contribution in [0.2, 0.25) is 0 Å². The van der Waals surface area contributed by atoms with Gasteiger partial charge >= 0.3 is 0 Å². The van der Waals surface area contributed by atoms with Crippen LogP contribution < -0.4 is 10.6 Å². The van der Waals surface area contributed by atoms with Crippen LogP contribution in [0.4, 0.5) is 11.4 Å². The minimum atomic E-state index is -0.317. The van der Waals surface area contributed by atoms with Crippen LogP contribution in [0.5, 0.6) is 0 Å². The average Bonchev–Trinajstić information content (AvgIpc) is 3.33. The molecule has 2 aromatic heterocycles. The lowest BCUT2D eigenvalue weighted by Crippen LogP contribution is -2.14. The zero-order chi connectivity index (χ0) is 17.9. The van der Waals surface area contributed by atoms with Gasteiger partial charge in [-0.25, -0.2) is 0 Å². The van der Waals surface area contributed by atoms with Gasteiger partial charge in [0.2, 0.25) is 0 Å². The topological polar surface area (TPSA) is 113 Å². The van der Waals surface area contributed by atoms with Crippen LogP contribution in [-0.2, 0) is 0 Å². The first-order valence-electron chi connectivity index (χ1n) is 7.75. The molecule has 0 spiro atoms. The fraction of sp³-hybridized carbons (Fsp3) is 0. The van der Waals surface area contributed by atoms with E-state index in [1.165, 1.54) is 12.5 Å². The first kappa shape index (κ1) is 15.6. The number of carbonyl (C=O) groups is 2. The Morgan fingerprint density at radius 1 is 0.923 bits per heavy atom. The number of nitrogens with one attached hydrogen (secondary N) is 3. The third-order valence-electron chi connectivity index (χ3n) is 3.75. The fourth-order valence-corrected chi connectivity index (χ4v) is 2.52. The predicted molar refractivity (Wildman–Crippen MR) is 94.9 cm³/mol. The van der Waals surface area contributed by atoms with Gasteiger partial charge in [0.25, 0.3) is 11.8 Å². The molecule has 8 nitrogen and oxygen atoms in total. The number of para-hydroxylation sites is 1. The SMILES string of the molecule is O=C(Nc1cccc(NC(=O)c2cccc3n[nH]nc23)c1)c1ccoc1. The van der Waals surface area contributed by atoms with Crippen LogP contribution in [0.15, 0.2) is 65.5 Å². The van der Waals surface area contributed by atoms with Gasteiger partial charge in [0.15, 0.2) is 0 Å². The second kappa shape index (κ2) is 6.52. The number of hydrogen-bond acceptors (Lipinski definition) is 5. The molecule has 128 valence electrons. The van der Waals surface area contributed by atoms with Gasteiger partial charge in [-0.3, -0.25) is 9.59 Å². The van der Waals surface area contributed by atoms with Gasteiger partial charge in [-0.2, -0.15) is 15.4 Å². The number of furan rings is 1. The van der Waals surface area contributed by atoms with Crippen LogP contribution >= 0.6 is 0 Å². The molecule has 0 saturated heterocycles. The number of nitrogens with zero attached hydrogens (tertiary/aromatic N) is 2. The van der Waals surface area contributed by atoms with Crippen molar-refractivity contribution < 1.29 is 14.0 Å². The van der Waals surface area contributed by atoms with Gasteiger partial charge in [-0.15, -0.1) is 0 Å². The molecular weight excluding hydrogens is 334 g/mol. The van der Waals surface area contributed by atoms with Crippen LogP contribution in [0.3, 0.4) is 0 Å². The molecule has 0 unspecified atom stereocenters. The van der Waals surface area contributed by atoms with Crippen LogP contribution in [-0.4, -0.2) is 27.2 Å². The summed E-state index contributed by atoms with van der Waals surface area (Å²) in [4.78, 5) is 24.6. The quantitative estimate of drug-likeness (QED) is 0.525. The van der Waals surface area contributed by atoms with Gasteiger partial charge in [0, 0.05) is 11.4 Å². The van der Waals surface area contributed by atoms with Crippen LogP contribution in [0.1, 0.15) is 20.7 Å². The molecule has 2 aromatic carbocycles. The molecule has 4 rings (SSSR count). The van der Waals surface area contributed by atoms with Gasteiger partial charge in [0.05, 0.1) is 17.4 Å². The highest BCUT2D eigenvalue weighted by Crippen LogP contribution is 2.19. The number of rotatable bonds is 4. The molecule has 2 amide bonds. The van der Waals surface area contributed by atoms with Crippen LogP contribution in [0, 0.1) is 0 Å². The number of carbonyl (C=O) groups excluding carboxylic acids is 2. The first-order chi connectivity index (χ1) is 12.7. The van der Waals surface area contributed by atoms with Crippen molar-refractivity contribution in [3.05, 3.63) is 72.2 Å². The molecule has 0 aliphatic rings. The number of amides is 2. The summed E-state index contributed by atoms with van der Waals surface area (Å²) < 4.78 is 4.90. The molecule has 2 heterocycles. The molecule has 0 saturated carbocycles. The number of hydrogen-bond donors (Lipinski definition) is 3. The molecule has 0 atom stereocenters. The maximum absolute atomic E-state index is 12.6. The van der Waals surface area contributed by atoms with Gasteiger partial charge in [-0.1, -0.05) is 12.1 Å². The summed E-state index contributed by atoms with van der Waals surface area (Å²) >= 11 is 0. The highest BCUT2D eigenvalue weighted by Gasteiger charge is 2.13. The van der Waals surface area contributed by atoms with Crippen molar-refractivity contribution in [3.63, 3.8) is 0 Å². The van der Waals surface area contributed by atoms with E-state index in [0.717, 1.165) is 0 Å². The number of aromatic nitrogens is 3. The molecule has 26 heavy (non-hydrogen) atoms. The monoisotopic (exact) mass is 347 g/mol. The van der Waals surface area contributed by atoms with E-state index in [9.17, 15) is 9.59 Å². The van der Waals surface area contributed by atoms with E-state index in [4.69, 9.17) is 4.42 Å². The van der Waals surface area contributed by atoms with E-state index in [1.54, 1.807) is 48.5 Å². The van der Waals surface area contributed by atoms with Crippen molar-refractivity contribution in [2.24, 2.45) is 0 Å². The van der Waals surface area contributed by atoms with Crippen molar-refractivity contribution in [3.8, 4) is 0 Å². The van der Waals surface area contributed by atoms with Crippen molar-refractivity contribution in [1.29, 1.82) is 0 Å². The highest BCUT2D eigenvalue weighted by atomic mass is 16.3. The Balaban J connectivity index is 1.52. The average molecular weight is 347 g/mol. The fourth-order valence-electron chi connectivity index (χ4n) is 2.52. The largest absolute Gasteiger partial charge is 0.472 e. The molecule has 0 aliphatic heterocycles. The summed E-state index contributed by atoms with van der Waals surface area (Å²) in [6.07, 6.45) is 2.79. The van der Waals surface area contributed by atoms with Crippen molar-refractivity contribution in [2.75, 3.05) is 10.6 Å². The molecule has 0 fully saturated rings. The Labute approximate surface area is 147 Å². The standard InChI is InChI=1S/C18H13N5O3/c24-17(11-7-8-26-10-11)19-12-3-1-4-13(9-12)20-18(25)14-5-2-6-15-16(14)22-23-21-15/h1-10H,(H,19,24)(H,20,25)(H,21,22,23). The van der Waals surface area contributed by atoms with E-state index in [-0.39, 0.29) is 11.8 Å². The molecule has 0 bridgehead atoms. The highest BCUT2D eigenvalue weighted by molar-refractivity contribution is 6.11. The number of anilines is 2. The van der Waals surface area contributed by atoms with Crippen LogP contribution in [0.25, 0.3) is 11.0 Å². The number of benzene rings is 2. The minimum absolute atomic E-state index is 0.297. The van der Waals surface area contributed by atoms with Crippen molar-refractivity contribution in [1.82, 2.24) is 15.4 Å². The van der Waals surface area contributed by atoms with E-state index < -0.39 is 0 Å². The molecule has 0 aliphatic carbocycles. The lowest BCUT2D eigenvalue weighted by molar-refractivity contribution is 0.101. The molecule has 8 heteroatoms. The summed E-state index contributed by atoms with van der Waals surface area (Å²) in [5.74, 6) is -0.614. The maximum Gasteiger partial charge on any atom is 0.258 e. The Morgan fingerprint density at radius 2 is 1.69 bits per heavy atom. The third-order valence-corrected chi connectivity index (χ3v) is 3.75. The third kappa shape index (κ3) is 3.03. The van der Waals surface area contributed by atoms with Gasteiger partial charge in [-0.05, 0) is 36.4 Å². The summed E-state index contributed by atoms with van der Waals surface area (Å²) in [5, 5.41) is 16.0. The summed E-state index contributed by atoms with van der Waals surface area (Å²) in [6, 6.07) is 13.6. The van der Waals surface area contributed by atoms with E-state index in [1.807, 2.05) is 0 Å². The zero-order valence-corrected chi connectivity index (χ0v) is 13.4. The normalized spacial score (nSPS) is 10.6. The molecule has 3 N–H and O–H groups in total. The second-order valence-electron chi connectivity index (χ2n) is 5.50. The first-order valence-corrected chi connectivity index (χ1v) is 7.75. The number of fused-ring (bicyclic) bond motifs is 1. The molecular formula is C18H13N5O3. The Kier molecular flexibility index (Phi) is 3.91. The predicted octanol–water partition coefficient (Wildman–Crippen LogP) is 3.06. The van der Waals surface area contributed by atoms with Crippen molar-refractivity contribution >= 4 is 34.2 Å². The van der Waals surface area contributed by atoms with E-state index in [2.05, 4.69) is 26.0 Å². The lowest BCUT2D eigenvalue weighted by atomic mass is 10.1. The number of H-pyrrole nitrogens is 1. The summed E-state index contributed by atoms with van der Waals surface area (Å²) in [7, 11) is 0. The van der Waals surface area contributed by atoms with Crippen molar-refractivity contribution in [2.45, 2.75) is 0 Å². The molecule has 4 aromatic rings. The Morgan fingerprint density at radius 3 is 2.46 bits per heavy atom. The summed E-state index contributed by atoms with van der Waals surface area (Å²) in [5.41, 5.74) is 3.02. The van der Waals surface area contributed by atoms with E-state index in [0.29, 0.717) is 33.5 Å². The minimum Gasteiger partial charge on any atom is -0.472 e. The van der Waals surface area contributed by atoms with Gasteiger partial charge in [0.1, 0.15) is 17.3 Å². The Bertz CT molecular complexity index is 1090. The maximum atomic E-state index is 12.6. The molecule has 0 radical (unpaired) electrons. The second-order valence-corrected chi connectivity index (χ2v) is 5.50. The van der Waals surface area contributed by atoms with E-state index >= 15 is 0 Å². The number of aromatic amines is 1. The van der Waals surface area contributed by atoms with Gasteiger partial charge < -0.3 is 15.1 Å². The lowest BCUT2D eigenvalue weighted by Gasteiger charge is -2.08. The smallest absolute Gasteiger partial charge is 0.258 e. The Hall–Kier alpha value is -3.94. The summed E-state index contributed by atoms with van der Waals surface area (Å²) in [6.45, 7) is 0. The zero-order valence-electron chi connectivity index (χ0n) is 13.4.